The number of hydrogen-bond donors (Lipinski definition) is 1. The fourth-order valence-electron chi connectivity index (χ4n) is 1.23. The van der Waals surface area contributed by atoms with E-state index in [2.05, 4.69) is 10.3 Å². The van der Waals surface area contributed by atoms with Crippen LogP contribution in [0.4, 0.5) is 8.78 Å². The van der Waals surface area contributed by atoms with Crippen LogP contribution in [-0.4, -0.2) is 7.11 Å². The van der Waals surface area contributed by atoms with E-state index in [-0.39, 0.29) is 12.4 Å². The smallest absolute Gasteiger partial charge is 0.130 e. The van der Waals surface area contributed by atoms with E-state index in [9.17, 15) is 8.78 Å². The first kappa shape index (κ1) is 12.1. The predicted molar refractivity (Wildman–Crippen MR) is 54.4 cm³/mol. The highest BCUT2D eigenvalue weighted by Gasteiger charge is 2.19. The average Bonchev–Trinajstić information content (AvgIpc) is 2.15. The van der Waals surface area contributed by atoms with Crippen molar-refractivity contribution in [3.8, 4) is 0 Å². The Morgan fingerprint density at radius 1 is 1.40 bits per heavy atom. The first-order valence-corrected chi connectivity index (χ1v) is 4.69. The second kappa shape index (κ2) is 4.68. The molecule has 15 heavy (non-hydrogen) atoms. The third-order valence-electron chi connectivity index (χ3n) is 2.14. The summed E-state index contributed by atoms with van der Waals surface area (Å²) in [7, 11) is 1.45. The van der Waals surface area contributed by atoms with Crippen molar-refractivity contribution in [2.45, 2.75) is 26.1 Å². The molecule has 0 spiro atoms. The average molecular weight is 215 g/mol. The Labute approximate surface area is 88.2 Å². The molecule has 0 saturated carbocycles. The van der Waals surface area contributed by atoms with Gasteiger partial charge in [0.1, 0.15) is 11.5 Å². The lowest BCUT2D eigenvalue weighted by Crippen LogP contribution is -2.14. The lowest BCUT2D eigenvalue weighted by atomic mass is 9.98. The van der Waals surface area contributed by atoms with Crippen molar-refractivity contribution in [2.24, 2.45) is 0 Å². The van der Waals surface area contributed by atoms with Crippen molar-refractivity contribution in [1.29, 1.82) is 0 Å². The predicted octanol–water partition coefficient (Wildman–Crippen LogP) is 2.68. The zero-order valence-electron chi connectivity index (χ0n) is 9.10. The van der Waals surface area contributed by atoms with Crippen LogP contribution in [0.3, 0.4) is 0 Å². The Morgan fingerprint density at radius 2 is 2.07 bits per heavy atom. The second-order valence-corrected chi connectivity index (χ2v) is 3.80. The molecule has 0 aliphatic carbocycles. The summed E-state index contributed by atoms with van der Waals surface area (Å²) in [4.78, 5) is 4.62. The van der Waals surface area contributed by atoms with Gasteiger partial charge in [0.2, 0.25) is 0 Å². The van der Waals surface area contributed by atoms with Crippen LogP contribution in [0.1, 0.15) is 25.0 Å². The van der Waals surface area contributed by atoms with Gasteiger partial charge >= 0.3 is 0 Å². The number of halogens is 2. The van der Waals surface area contributed by atoms with E-state index in [4.69, 9.17) is 0 Å². The van der Waals surface area contributed by atoms with Crippen LogP contribution >= 0.6 is 0 Å². The van der Waals surface area contributed by atoms with Gasteiger partial charge < -0.3 is 4.84 Å². The molecule has 0 heterocycles. The normalized spacial score (nSPS) is 11.8. The maximum atomic E-state index is 13.6. The fraction of sp³-hybridized carbons (Fsp3) is 0.455. The lowest BCUT2D eigenvalue weighted by molar-refractivity contribution is 0.0858. The molecule has 0 aliphatic heterocycles. The number of alkyl halides is 1. The molecule has 1 aromatic carbocycles. The quantitative estimate of drug-likeness (QED) is 0.780. The number of rotatable bonds is 4. The molecule has 2 nitrogen and oxygen atoms in total. The van der Waals surface area contributed by atoms with Gasteiger partial charge in [-0.3, -0.25) is 0 Å². The largest absolute Gasteiger partial charge is 0.305 e. The number of nitrogens with one attached hydrogen (secondary N) is 1. The molecule has 0 atom stereocenters. The van der Waals surface area contributed by atoms with E-state index in [0.29, 0.717) is 11.1 Å². The van der Waals surface area contributed by atoms with Crippen molar-refractivity contribution in [3.63, 3.8) is 0 Å². The van der Waals surface area contributed by atoms with Gasteiger partial charge in [-0.25, -0.2) is 8.78 Å². The Balaban J connectivity index is 2.95. The molecule has 0 aliphatic rings. The van der Waals surface area contributed by atoms with E-state index < -0.39 is 5.67 Å². The van der Waals surface area contributed by atoms with Crippen LogP contribution in [0.25, 0.3) is 0 Å². The van der Waals surface area contributed by atoms with E-state index in [0.717, 1.165) is 0 Å². The highest BCUT2D eigenvalue weighted by molar-refractivity contribution is 5.28. The lowest BCUT2D eigenvalue weighted by Gasteiger charge is -2.16. The van der Waals surface area contributed by atoms with Crippen LogP contribution in [0.5, 0.6) is 0 Å². The molecule has 4 heteroatoms. The molecule has 1 aromatic rings. The Hall–Kier alpha value is -1.00. The monoisotopic (exact) mass is 215 g/mol. The van der Waals surface area contributed by atoms with Gasteiger partial charge in [0.25, 0.3) is 0 Å². The summed E-state index contributed by atoms with van der Waals surface area (Å²) in [6.07, 6.45) is 0. The van der Waals surface area contributed by atoms with Crippen molar-refractivity contribution < 1.29 is 13.6 Å². The Kier molecular flexibility index (Phi) is 3.77. The third kappa shape index (κ3) is 3.25. The van der Waals surface area contributed by atoms with Gasteiger partial charge in [-0.15, -0.1) is 0 Å². The van der Waals surface area contributed by atoms with Crippen LogP contribution in [-0.2, 0) is 17.1 Å². The van der Waals surface area contributed by atoms with Gasteiger partial charge in [0.05, 0.1) is 7.11 Å². The molecule has 0 aromatic heterocycles. The minimum atomic E-state index is -1.46. The molecular formula is C11H15F2NO. The summed E-state index contributed by atoms with van der Waals surface area (Å²) in [5, 5.41) is 0. The molecule has 0 amide bonds. The standard InChI is InChI=1S/C11H15F2NO/c1-11(2,13)9-4-5-10(12)8(6-9)7-14-15-3/h4-6,14H,7H2,1-3H3. The van der Waals surface area contributed by atoms with E-state index in [1.807, 2.05) is 0 Å². The summed E-state index contributed by atoms with van der Waals surface area (Å²) in [5.41, 5.74) is 1.90. The van der Waals surface area contributed by atoms with Gasteiger partial charge in [-0.2, -0.15) is 5.48 Å². The van der Waals surface area contributed by atoms with Crippen molar-refractivity contribution in [1.82, 2.24) is 5.48 Å². The van der Waals surface area contributed by atoms with E-state index >= 15 is 0 Å². The highest BCUT2D eigenvalue weighted by atomic mass is 19.1. The maximum absolute atomic E-state index is 13.6. The number of benzene rings is 1. The zero-order chi connectivity index (χ0) is 11.5. The number of hydroxylamine groups is 1. The van der Waals surface area contributed by atoms with Gasteiger partial charge in [0.15, 0.2) is 0 Å². The van der Waals surface area contributed by atoms with Crippen LogP contribution in [0.15, 0.2) is 18.2 Å². The number of hydrogen-bond acceptors (Lipinski definition) is 2. The van der Waals surface area contributed by atoms with Crippen molar-refractivity contribution in [3.05, 3.63) is 35.1 Å². The topological polar surface area (TPSA) is 21.3 Å². The van der Waals surface area contributed by atoms with E-state index in [1.54, 1.807) is 0 Å². The summed E-state index contributed by atoms with van der Waals surface area (Å²) in [6.45, 7) is 3.09. The van der Waals surface area contributed by atoms with Crippen molar-refractivity contribution >= 4 is 0 Å². The van der Waals surface area contributed by atoms with Crippen LogP contribution < -0.4 is 5.48 Å². The third-order valence-corrected chi connectivity index (χ3v) is 2.14. The molecule has 0 bridgehead atoms. The second-order valence-electron chi connectivity index (χ2n) is 3.80. The van der Waals surface area contributed by atoms with Gasteiger partial charge in [-0.1, -0.05) is 6.07 Å². The molecule has 1 N–H and O–H groups in total. The minimum absolute atomic E-state index is 0.215. The van der Waals surface area contributed by atoms with Gasteiger partial charge in [-0.05, 0) is 31.5 Å². The molecular weight excluding hydrogens is 200 g/mol. The van der Waals surface area contributed by atoms with Crippen LogP contribution in [0.2, 0.25) is 0 Å². The molecule has 84 valence electrons. The first-order chi connectivity index (χ1) is 6.95. The summed E-state index contributed by atoms with van der Waals surface area (Å²) in [6, 6.07) is 4.22. The maximum Gasteiger partial charge on any atom is 0.130 e. The molecule has 0 unspecified atom stereocenters. The SMILES string of the molecule is CONCc1cc(C(C)(C)F)ccc1F. The summed E-state index contributed by atoms with van der Waals surface area (Å²) >= 11 is 0. The fourth-order valence-corrected chi connectivity index (χ4v) is 1.23. The molecule has 1 rings (SSSR count). The minimum Gasteiger partial charge on any atom is -0.305 e. The highest BCUT2D eigenvalue weighted by Crippen LogP contribution is 2.26. The molecule has 0 radical (unpaired) electrons. The Morgan fingerprint density at radius 3 is 2.60 bits per heavy atom. The summed E-state index contributed by atoms with van der Waals surface area (Å²) < 4.78 is 26.8. The summed E-state index contributed by atoms with van der Waals surface area (Å²) in [5.74, 6) is -0.368. The van der Waals surface area contributed by atoms with E-state index in [1.165, 1.54) is 39.2 Å². The van der Waals surface area contributed by atoms with Crippen LogP contribution in [0, 0.1) is 5.82 Å². The molecule has 0 saturated heterocycles. The molecule has 0 fully saturated rings. The zero-order valence-corrected chi connectivity index (χ0v) is 9.10. The first-order valence-electron chi connectivity index (χ1n) is 4.69. The van der Waals surface area contributed by atoms with Crippen molar-refractivity contribution in [2.75, 3.05) is 7.11 Å². The van der Waals surface area contributed by atoms with Gasteiger partial charge in [0, 0.05) is 12.1 Å². The Bertz CT molecular complexity index is 334.